The summed E-state index contributed by atoms with van der Waals surface area (Å²) in [6, 6.07) is 10.3. The van der Waals surface area contributed by atoms with Gasteiger partial charge in [0.2, 0.25) is 5.95 Å². The number of hydrogen-bond donors (Lipinski definition) is 3. The zero-order chi connectivity index (χ0) is 29.9. The van der Waals surface area contributed by atoms with Crippen LogP contribution in [0.1, 0.15) is 34.0 Å². The Bertz CT molecular complexity index is 1560. The lowest BCUT2D eigenvalue weighted by molar-refractivity contribution is -0.137. The second-order valence-corrected chi connectivity index (χ2v) is 10.2. The number of aryl methyl sites for hydroxylation is 1. The van der Waals surface area contributed by atoms with Crippen molar-refractivity contribution in [2.24, 2.45) is 0 Å². The van der Waals surface area contributed by atoms with Gasteiger partial charge in [0.1, 0.15) is 18.0 Å². The maximum Gasteiger partial charge on any atom is 0.416 e. The van der Waals surface area contributed by atoms with Crippen LogP contribution < -0.4 is 16.4 Å². The molecule has 1 fully saturated rings. The van der Waals surface area contributed by atoms with E-state index < -0.39 is 17.6 Å². The van der Waals surface area contributed by atoms with E-state index in [0.29, 0.717) is 41.1 Å². The number of amides is 1. The molecular formula is C29H32F3N9O. The Kier molecular flexibility index (Phi) is 8.41. The largest absolute Gasteiger partial charge is 0.416 e. The molecule has 0 aliphatic carbocycles. The van der Waals surface area contributed by atoms with E-state index in [4.69, 9.17) is 5.73 Å². The number of hydrogen-bond acceptors (Lipinski definition) is 8. The third-order valence-electron chi connectivity index (χ3n) is 7.20. The number of alkyl halides is 3. The quantitative estimate of drug-likeness (QED) is 0.275. The number of benzene rings is 2. The third-order valence-corrected chi connectivity index (χ3v) is 7.20. The summed E-state index contributed by atoms with van der Waals surface area (Å²) in [5.74, 6) is 0.627. The van der Waals surface area contributed by atoms with Gasteiger partial charge in [-0.2, -0.15) is 13.2 Å². The van der Waals surface area contributed by atoms with Crippen LogP contribution in [-0.4, -0.2) is 67.9 Å². The molecule has 2 aromatic carbocycles. The van der Waals surface area contributed by atoms with E-state index in [1.54, 1.807) is 41.2 Å². The molecule has 0 unspecified atom stereocenters. The standard InChI is InChI=1S/C29H32F3N9O/c1-3-39-8-10-40(11-9-39)17-20-12-21(14-22(13-20)29(30,31)32)27(42)37-23-5-4-19(2)24(15-23)38-28-34-6-7-41(28)26-16-25(33)35-18-36-26/h4-7,12-16,18H,3,8-11,17H2,1-2H3,(H,34,38)(H,37,42)(H2,33,35,36). The fourth-order valence-corrected chi connectivity index (χ4v) is 4.83. The third kappa shape index (κ3) is 6.86. The van der Waals surface area contributed by atoms with Crippen molar-refractivity contribution in [3.8, 4) is 5.82 Å². The highest BCUT2D eigenvalue weighted by atomic mass is 19.4. The number of anilines is 4. The van der Waals surface area contributed by atoms with Gasteiger partial charge in [-0.1, -0.05) is 13.0 Å². The summed E-state index contributed by atoms with van der Waals surface area (Å²) in [7, 11) is 0. The summed E-state index contributed by atoms with van der Waals surface area (Å²) in [5.41, 5.74) is 7.24. The molecule has 1 aliphatic rings. The van der Waals surface area contributed by atoms with Crippen LogP contribution in [0.15, 0.2) is 61.2 Å². The van der Waals surface area contributed by atoms with E-state index in [2.05, 4.69) is 42.3 Å². The molecule has 0 spiro atoms. The second kappa shape index (κ2) is 12.2. The number of rotatable bonds is 8. The first kappa shape index (κ1) is 29.0. The fraction of sp³-hybridized carbons (Fsp3) is 0.310. The number of imidazole rings is 1. The summed E-state index contributed by atoms with van der Waals surface area (Å²) in [6.07, 6.45) is 0.0705. The first-order chi connectivity index (χ1) is 20.1. The zero-order valence-electron chi connectivity index (χ0n) is 23.3. The maximum atomic E-state index is 13.8. The van der Waals surface area contributed by atoms with Gasteiger partial charge < -0.3 is 21.3 Å². The van der Waals surface area contributed by atoms with Crippen LogP contribution in [-0.2, 0) is 12.7 Å². The van der Waals surface area contributed by atoms with Crippen LogP contribution in [0, 0.1) is 6.92 Å². The van der Waals surface area contributed by atoms with Crippen molar-refractivity contribution >= 4 is 29.0 Å². The van der Waals surface area contributed by atoms with Crippen LogP contribution in [0.3, 0.4) is 0 Å². The Hall–Kier alpha value is -4.49. The number of nitrogens with two attached hydrogens (primary N) is 1. The van der Waals surface area contributed by atoms with Gasteiger partial charge in [-0.3, -0.25) is 14.3 Å². The Labute approximate surface area is 241 Å². The van der Waals surface area contributed by atoms with Crippen molar-refractivity contribution in [1.82, 2.24) is 29.3 Å². The lowest BCUT2D eigenvalue weighted by atomic mass is 10.0. The molecule has 42 heavy (non-hydrogen) atoms. The van der Waals surface area contributed by atoms with Gasteiger partial charge in [0.15, 0.2) is 0 Å². The Morgan fingerprint density at radius 2 is 1.76 bits per heavy atom. The van der Waals surface area contributed by atoms with Crippen molar-refractivity contribution in [2.45, 2.75) is 26.6 Å². The van der Waals surface area contributed by atoms with Crippen molar-refractivity contribution in [2.75, 3.05) is 49.1 Å². The Balaban J connectivity index is 1.35. The molecule has 0 saturated carbocycles. The van der Waals surface area contributed by atoms with E-state index in [-0.39, 0.29) is 5.56 Å². The minimum absolute atomic E-state index is 0.0565. The molecule has 1 aliphatic heterocycles. The van der Waals surface area contributed by atoms with Crippen molar-refractivity contribution in [3.63, 3.8) is 0 Å². The van der Waals surface area contributed by atoms with Gasteiger partial charge in [-0.05, 0) is 54.9 Å². The summed E-state index contributed by atoms with van der Waals surface area (Å²) in [4.78, 5) is 30.1. The number of piperazine rings is 1. The molecule has 2 aromatic heterocycles. The van der Waals surface area contributed by atoms with Crippen LogP contribution in [0.4, 0.5) is 36.3 Å². The van der Waals surface area contributed by atoms with Crippen LogP contribution >= 0.6 is 0 Å². The van der Waals surface area contributed by atoms with Gasteiger partial charge in [0.25, 0.3) is 5.91 Å². The first-order valence-electron chi connectivity index (χ1n) is 13.5. The molecule has 0 radical (unpaired) electrons. The highest BCUT2D eigenvalue weighted by molar-refractivity contribution is 6.04. The number of likely N-dealkylation sites (N-methyl/N-ethyl adjacent to an activating group) is 1. The van der Waals surface area contributed by atoms with Crippen LogP contribution in [0.5, 0.6) is 0 Å². The average molecular weight is 580 g/mol. The maximum absolute atomic E-state index is 13.8. The lowest BCUT2D eigenvalue weighted by Crippen LogP contribution is -2.45. The number of nitrogens with zero attached hydrogens (tertiary/aromatic N) is 6. The van der Waals surface area contributed by atoms with E-state index >= 15 is 0 Å². The first-order valence-corrected chi connectivity index (χ1v) is 13.5. The van der Waals surface area contributed by atoms with E-state index in [1.807, 2.05) is 6.92 Å². The van der Waals surface area contributed by atoms with Crippen LogP contribution in [0.2, 0.25) is 0 Å². The molecule has 4 aromatic rings. The minimum atomic E-state index is -4.58. The average Bonchev–Trinajstić information content (AvgIpc) is 3.43. The molecule has 4 N–H and O–H groups in total. The van der Waals surface area contributed by atoms with E-state index in [1.165, 1.54) is 12.4 Å². The van der Waals surface area contributed by atoms with Gasteiger partial charge in [-0.15, -0.1) is 0 Å². The molecule has 220 valence electrons. The monoisotopic (exact) mass is 579 g/mol. The highest BCUT2D eigenvalue weighted by Gasteiger charge is 2.32. The SMILES string of the molecule is CCN1CCN(Cc2cc(C(=O)Nc3ccc(C)c(Nc4nccn4-c4cc(N)ncn4)c3)cc(C(F)(F)F)c2)CC1. The number of nitrogen functional groups attached to an aromatic ring is 1. The molecule has 1 saturated heterocycles. The lowest BCUT2D eigenvalue weighted by Gasteiger charge is -2.34. The summed E-state index contributed by atoms with van der Waals surface area (Å²) >= 11 is 0. The topological polar surface area (TPSA) is 117 Å². The molecule has 3 heterocycles. The van der Waals surface area contributed by atoms with Crippen molar-refractivity contribution in [3.05, 3.63) is 83.4 Å². The minimum Gasteiger partial charge on any atom is -0.384 e. The molecule has 10 nitrogen and oxygen atoms in total. The van der Waals surface area contributed by atoms with Crippen LogP contribution in [0.25, 0.3) is 5.82 Å². The van der Waals surface area contributed by atoms with Gasteiger partial charge >= 0.3 is 6.18 Å². The molecular weight excluding hydrogens is 547 g/mol. The smallest absolute Gasteiger partial charge is 0.384 e. The molecule has 0 atom stereocenters. The summed E-state index contributed by atoms with van der Waals surface area (Å²) in [5, 5.41) is 5.98. The molecule has 1 amide bonds. The van der Waals surface area contributed by atoms with Crippen molar-refractivity contribution < 1.29 is 18.0 Å². The van der Waals surface area contributed by atoms with E-state index in [9.17, 15) is 18.0 Å². The van der Waals surface area contributed by atoms with Gasteiger partial charge in [0.05, 0.1) is 5.56 Å². The summed E-state index contributed by atoms with van der Waals surface area (Å²) < 4.78 is 43.0. The molecule has 13 heteroatoms. The Morgan fingerprint density at radius 1 is 1.00 bits per heavy atom. The number of halogens is 3. The number of aromatic nitrogens is 4. The highest BCUT2D eigenvalue weighted by Crippen LogP contribution is 2.32. The van der Waals surface area contributed by atoms with Gasteiger partial charge in [0, 0.05) is 68.1 Å². The van der Waals surface area contributed by atoms with Crippen molar-refractivity contribution in [1.29, 1.82) is 0 Å². The fourth-order valence-electron chi connectivity index (χ4n) is 4.83. The predicted octanol–water partition coefficient (Wildman–Crippen LogP) is 4.71. The zero-order valence-corrected chi connectivity index (χ0v) is 23.3. The number of carbonyl (C=O) groups excluding carboxylic acids is 1. The summed E-state index contributed by atoms with van der Waals surface area (Å²) in [6.45, 7) is 8.49. The number of carbonyl (C=O) groups is 1. The Morgan fingerprint density at radius 3 is 2.48 bits per heavy atom. The molecule has 5 rings (SSSR count). The second-order valence-electron chi connectivity index (χ2n) is 10.2. The van der Waals surface area contributed by atoms with E-state index in [0.717, 1.165) is 50.4 Å². The normalized spacial score (nSPS) is 14.6. The van der Waals surface area contributed by atoms with Gasteiger partial charge in [-0.25, -0.2) is 15.0 Å². The molecule has 0 bridgehead atoms. The predicted molar refractivity (Wildman–Crippen MR) is 155 cm³/mol. The number of nitrogens with one attached hydrogen (secondary N) is 2.